The van der Waals surface area contributed by atoms with Gasteiger partial charge in [0.05, 0.1) is 4.92 Å². The number of nitro benzene ring substituents is 1. The molecule has 0 spiro atoms. The molecule has 8 nitrogen and oxygen atoms in total. The van der Waals surface area contributed by atoms with Gasteiger partial charge in [-0.25, -0.2) is 4.98 Å². The van der Waals surface area contributed by atoms with Crippen molar-refractivity contribution in [3.05, 3.63) is 77.0 Å². The molecule has 0 saturated heterocycles. The van der Waals surface area contributed by atoms with Gasteiger partial charge < -0.3 is 5.32 Å². The maximum Gasteiger partial charge on any atom is 0.270 e. The van der Waals surface area contributed by atoms with Crippen LogP contribution in [0.2, 0.25) is 0 Å². The van der Waals surface area contributed by atoms with Crippen LogP contribution in [0.5, 0.6) is 0 Å². The van der Waals surface area contributed by atoms with Crippen LogP contribution in [0, 0.1) is 10.1 Å². The standard InChI is InChI=1S/C17H12N6O2/c24-23(25)14-8-4-5-12(11-14)16-18-10-9-15-20-17(21-22(15)16)19-13-6-2-1-3-7-13/h1-11H,(H,19,21). The molecule has 0 fully saturated rings. The molecule has 0 unspecified atom stereocenters. The number of hydrogen-bond donors (Lipinski definition) is 1. The molecule has 0 saturated carbocycles. The summed E-state index contributed by atoms with van der Waals surface area (Å²) in [6, 6.07) is 17.6. The number of non-ortho nitro benzene ring substituents is 1. The Morgan fingerprint density at radius 3 is 2.68 bits per heavy atom. The van der Waals surface area contributed by atoms with Crippen LogP contribution >= 0.6 is 0 Å². The van der Waals surface area contributed by atoms with Crippen LogP contribution in [0.3, 0.4) is 0 Å². The van der Waals surface area contributed by atoms with Crippen LogP contribution in [0.25, 0.3) is 17.0 Å². The highest BCUT2D eigenvalue weighted by molar-refractivity contribution is 5.63. The molecule has 8 heteroatoms. The zero-order valence-corrected chi connectivity index (χ0v) is 12.9. The van der Waals surface area contributed by atoms with Crippen molar-refractivity contribution in [1.29, 1.82) is 0 Å². The first-order valence-electron chi connectivity index (χ1n) is 7.49. The smallest absolute Gasteiger partial charge is 0.270 e. The van der Waals surface area contributed by atoms with Gasteiger partial charge in [0.1, 0.15) is 0 Å². The van der Waals surface area contributed by atoms with E-state index in [0.29, 0.717) is 23.0 Å². The number of benzene rings is 2. The van der Waals surface area contributed by atoms with E-state index in [1.807, 2.05) is 30.3 Å². The Labute approximate surface area is 141 Å². The molecule has 0 aliphatic carbocycles. The van der Waals surface area contributed by atoms with Gasteiger partial charge in [-0.2, -0.15) is 9.50 Å². The fraction of sp³-hybridized carbons (Fsp3) is 0. The summed E-state index contributed by atoms with van der Waals surface area (Å²) in [7, 11) is 0. The topological polar surface area (TPSA) is 98.2 Å². The third-order valence-corrected chi connectivity index (χ3v) is 3.60. The van der Waals surface area contributed by atoms with Gasteiger partial charge in [0, 0.05) is 35.6 Å². The van der Waals surface area contributed by atoms with E-state index < -0.39 is 4.92 Å². The van der Waals surface area contributed by atoms with Crippen molar-refractivity contribution in [1.82, 2.24) is 19.6 Å². The van der Waals surface area contributed by atoms with E-state index in [1.54, 1.807) is 28.9 Å². The Hall–Kier alpha value is -3.81. The predicted octanol–water partition coefficient (Wildman–Crippen LogP) is 3.44. The third-order valence-electron chi connectivity index (χ3n) is 3.60. The quantitative estimate of drug-likeness (QED) is 0.454. The number of aromatic nitrogens is 4. The molecule has 0 aliphatic heterocycles. The van der Waals surface area contributed by atoms with Gasteiger partial charge in [-0.1, -0.05) is 30.3 Å². The monoisotopic (exact) mass is 332 g/mol. The lowest BCUT2D eigenvalue weighted by molar-refractivity contribution is -0.384. The largest absolute Gasteiger partial charge is 0.323 e. The molecule has 4 rings (SSSR count). The normalized spacial score (nSPS) is 10.7. The van der Waals surface area contributed by atoms with E-state index in [2.05, 4.69) is 20.4 Å². The number of nitro groups is 1. The van der Waals surface area contributed by atoms with Crippen molar-refractivity contribution in [3.63, 3.8) is 0 Å². The highest BCUT2D eigenvalue weighted by atomic mass is 16.6. The van der Waals surface area contributed by atoms with Gasteiger partial charge in [-0.3, -0.25) is 10.1 Å². The van der Waals surface area contributed by atoms with Crippen molar-refractivity contribution in [2.24, 2.45) is 0 Å². The number of nitrogens with one attached hydrogen (secondary N) is 1. The molecule has 4 aromatic rings. The summed E-state index contributed by atoms with van der Waals surface area (Å²) in [5.74, 6) is 0.903. The summed E-state index contributed by atoms with van der Waals surface area (Å²) in [5, 5.41) is 18.5. The minimum atomic E-state index is -0.437. The summed E-state index contributed by atoms with van der Waals surface area (Å²) < 4.78 is 1.56. The van der Waals surface area contributed by atoms with Crippen molar-refractivity contribution in [2.45, 2.75) is 0 Å². The highest BCUT2D eigenvalue weighted by Gasteiger charge is 2.13. The van der Waals surface area contributed by atoms with E-state index in [1.165, 1.54) is 12.1 Å². The first kappa shape index (κ1) is 14.8. The van der Waals surface area contributed by atoms with Crippen LogP contribution in [-0.2, 0) is 0 Å². The number of rotatable bonds is 4. The minimum Gasteiger partial charge on any atom is -0.323 e. The number of fused-ring (bicyclic) bond motifs is 1. The lowest BCUT2D eigenvalue weighted by Gasteiger charge is -2.02. The second-order valence-electron chi connectivity index (χ2n) is 5.27. The second kappa shape index (κ2) is 6.00. The third kappa shape index (κ3) is 2.88. The number of para-hydroxylation sites is 1. The van der Waals surface area contributed by atoms with Gasteiger partial charge in [0.25, 0.3) is 5.69 Å². The highest BCUT2D eigenvalue weighted by Crippen LogP contribution is 2.23. The van der Waals surface area contributed by atoms with Gasteiger partial charge >= 0.3 is 0 Å². The Kier molecular flexibility index (Phi) is 3.55. The Morgan fingerprint density at radius 2 is 1.88 bits per heavy atom. The summed E-state index contributed by atoms with van der Waals surface area (Å²) in [6.07, 6.45) is 1.60. The molecule has 0 bridgehead atoms. The SMILES string of the molecule is O=[N+]([O-])c1cccc(-c2nccc3nc(Nc4ccccc4)nn23)c1. The van der Waals surface area contributed by atoms with Crippen molar-refractivity contribution < 1.29 is 4.92 Å². The molecular formula is C17H12N6O2. The summed E-state index contributed by atoms with van der Waals surface area (Å²) in [5.41, 5.74) is 2.05. The molecule has 0 amide bonds. The Morgan fingerprint density at radius 1 is 1.04 bits per heavy atom. The van der Waals surface area contributed by atoms with E-state index in [4.69, 9.17) is 0 Å². The fourth-order valence-corrected chi connectivity index (χ4v) is 2.48. The predicted molar refractivity (Wildman–Crippen MR) is 92.6 cm³/mol. The average Bonchev–Trinajstić information content (AvgIpc) is 3.05. The second-order valence-corrected chi connectivity index (χ2v) is 5.27. The van der Waals surface area contributed by atoms with E-state index in [0.717, 1.165) is 5.69 Å². The number of nitrogens with zero attached hydrogens (tertiary/aromatic N) is 5. The van der Waals surface area contributed by atoms with Crippen LogP contribution in [-0.4, -0.2) is 24.5 Å². The van der Waals surface area contributed by atoms with Gasteiger partial charge in [0.2, 0.25) is 5.95 Å². The van der Waals surface area contributed by atoms with E-state index in [-0.39, 0.29) is 5.69 Å². The molecule has 122 valence electrons. The zero-order chi connectivity index (χ0) is 17.2. The minimum absolute atomic E-state index is 0.000877. The molecule has 2 aromatic heterocycles. The van der Waals surface area contributed by atoms with E-state index >= 15 is 0 Å². The molecule has 0 atom stereocenters. The van der Waals surface area contributed by atoms with Crippen molar-refractivity contribution in [3.8, 4) is 11.4 Å². The Balaban J connectivity index is 1.78. The van der Waals surface area contributed by atoms with Crippen molar-refractivity contribution in [2.75, 3.05) is 5.32 Å². The first-order chi connectivity index (χ1) is 12.2. The average molecular weight is 332 g/mol. The zero-order valence-electron chi connectivity index (χ0n) is 12.9. The molecular weight excluding hydrogens is 320 g/mol. The molecule has 0 radical (unpaired) electrons. The number of hydrogen-bond acceptors (Lipinski definition) is 6. The molecule has 25 heavy (non-hydrogen) atoms. The lowest BCUT2D eigenvalue weighted by atomic mass is 10.2. The maximum absolute atomic E-state index is 11.0. The van der Waals surface area contributed by atoms with Crippen LogP contribution in [0.4, 0.5) is 17.3 Å². The van der Waals surface area contributed by atoms with E-state index in [9.17, 15) is 10.1 Å². The van der Waals surface area contributed by atoms with Crippen LogP contribution in [0.1, 0.15) is 0 Å². The maximum atomic E-state index is 11.0. The fourth-order valence-electron chi connectivity index (χ4n) is 2.48. The van der Waals surface area contributed by atoms with Gasteiger partial charge in [-0.15, -0.1) is 5.10 Å². The first-order valence-corrected chi connectivity index (χ1v) is 7.49. The molecule has 1 N–H and O–H groups in total. The summed E-state index contributed by atoms with van der Waals surface area (Å²) in [6.45, 7) is 0. The lowest BCUT2D eigenvalue weighted by Crippen LogP contribution is -1.98. The van der Waals surface area contributed by atoms with Gasteiger partial charge in [-0.05, 0) is 12.1 Å². The van der Waals surface area contributed by atoms with Crippen molar-refractivity contribution >= 4 is 23.0 Å². The summed E-state index contributed by atoms with van der Waals surface area (Å²) >= 11 is 0. The molecule has 2 aromatic carbocycles. The Bertz CT molecular complexity index is 1060. The molecule has 2 heterocycles. The van der Waals surface area contributed by atoms with Crippen LogP contribution in [0.15, 0.2) is 66.9 Å². The van der Waals surface area contributed by atoms with Crippen LogP contribution < -0.4 is 5.32 Å². The summed E-state index contributed by atoms with van der Waals surface area (Å²) in [4.78, 5) is 19.3. The number of anilines is 2. The molecule has 0 aliphatic rings. The van der Waals surface area contributed by atoms with Gasteiger partial charge in [0.15, 0.2) is 11.5 Å².